The van der Waals surface area contributed by atoms with Gasteiger partial charge in [-0.15, -0.1) is 0 Å². The van der Waals surface area contributed by atoms with E-state index in [2.05, 4.69) is 6.58 Å². The van der Waals surface area contributed by atoms with Crippen LogP contribution in [0.25, 0.3) is 0 Å². The van der Waals surface area contributed by atoms with Crippen LogP contribution in [0.3, 0.4) is 0 Å². The van der Waals surface area contributed by atoms with Crippen molar-refractivity contribution >= 4 is 5.97 Å². The molecular formula is C14H22O3. The van der Waals surface area contributed by atoms with Crippen LogP contribution in [0.1, 0.15) is 51.9 Å². The molecule has 0 aromatic heterocycles. The largest absolute Gasteiger partial charge is 0.432 e. The molecule has 17 heavy (non-hydrogen) atoms. The molecule has 0 amide bonds. The average molecular weight is 238 g/mol. The Kier molecular flexibility index (Phi) is 3.87. The van der Waals surface area contributed by atoms with Crippen molar-refractivity contribution in [2.24, 2.45) is 5.41 Å². The van der Waals surface area contributed by atoms with E-state index in [0.717, 1.165) is 25.7 Å². The lowest BCUT2D eigenvalue weighted by Crippen LogP contribution is -2.45. The van der Waals surface area contributed by atoms with Crippen molar-refractivity contribution in [3.8, 4) is 0 Å². The van der Waals surface area contributed by atoms with E-state index in [1.807, 2.05) is 0 Å². The molecule has 2 aliphatic rings. The van der Waals surface area contributed by atoms with Crippen molar-refractivity contribution in [1.82, 2.24) is 0 Å². The molecular weight excluding hydrogens is 216 g/mol. The minimum Gasteiger partial charge on any atom is -0.432 e. The zero-order valence-electron chi connectivity index (χ0n) is 10.7. The van der Waals surface area contributed by atoms with Crippen LogP contribution in [0.4, 0.5) is 0 Å². The van der Waals surface area contributed by atoms with Gasteiger partial charge in [0.05, 0.1) is 6.61 Å². The van der Waals surface area contributed by atoms with Gasteiger partial charge in [0.25, 0.3) is 0 Å². The van der Waals surface area contributed by atoms with E-state index in [1.54, 1.807) is 6.92 Å². The van der Waals surface area contributed by atoms with Gasteiger partial charge in [-0.05, 0) is 32.6 Å². The summed E-state index contributed by atoms with van der Waals surface area (Å²) in [5, 5.41) is 0. The van der Waals surface area contributed by atoms with Gasteiger partial charge in [0.2, 0.25) is 6.29 Å². The first-order valence-corrected chi connectivity index (χ1v) is 6.62. The molecule has 1 saturated carbocycles. The predicted molar refractivity (Wildman–Crippen MR) is 65.4 cm³/mol. The molecule has 1 atom stereocenters. The Balaban J connectivity index is 2.06. The maximum absolute atomic E-state index is 11.6. The molecule has 1 aliphatic heterocycles. The zero-order chi connectivity index (χ0) is 12.3. The zero-order valence-corrected chi connectivity index (χ0v) is 10.7. The topological polar surface area (TPSA) is 35.5 Å². The number of hydrogen-bond acceptors (Lipinski definition) is 3. The van der Waals surface area contributed by atoms with Crippen LogP contribution in [0.15, 0.2) is 12.2 Å². The Morgan fingerprint density at radius 1 is 1.24 bits per heavy atom. The molecule has 1 unspecified atom stereocenters. The number of esters is 1. The smallest absolute Gasteiger partial charge is 0.335 e. The van der Waals surface area contributed by atoms with E-state index in [4.69, 9.17) is 9.47 Å². The van der Waals surface area contributed by atoms with Crippen LogP contribution in [0.5, 0.6) is 0 Å². The highest BCUT2D eigenvalue weighted by molar-refractivity contribution is 5.87. The molecule has 1 aliphatic carbocycles. The number of ether oxygens (including phenoxy) is 2. The normalized spacial score (nSPS) is 27.7. The molecule has 1 heterocycles. The van der Waals surface area contributed by atoms with Crippen molar-refractivity contribution < 1.29 is 14.3 Å². The molecule has 0 radical (unpaired) electrons. The Labute approximate surface area is 103 Å². The third-order valence-corrected chi connectivity index (χ3v) is 4.00. The van der Waals surface area contributed by atoms with Crippen LogP contribution in [-0.2, 0) is 14.3 Å². The molecule has 0 aromatic carbocycles. The Morgan fingerprint density at radius 3 is 2.53 bits per heavy atom. The lowest BCUT2D eigenvalue weighted by atomic mass is 9.69. The number of rotatable bonds is 2. The van der Waals surface area contributed by atoms with Crippen molar-refractivity contribution in [2.45, 2.75) is 58.2 Å². The summed E-state index contributed by atoms with van der Waals surface area (Å²) in [4.78, 5) is 11.6. The highest BCUT2D eigenvalue weighted by atomic mass is 16.7. The second kappa shape index (κ2) is 5.21. The summed E-state index contributed by atoms with van der Waals surface area (Å²) in [5.74, 6) is -0.318. The standard InChI is InChI=1S/C14H22O3/c1-11(2)12(15)17-13-14(9-6-10-16-13)7-4-3-5-8-14/h13H,1,3-10H2,2H3. The van der Waals surface area contributed by atoms with Gasteiger partial charge in [0, 0.05) is 11.0 Å². The van der Waals surface area contributed by atoms with Gasteiger partial charge >= 0.3 is 5.97 Å². The van der Waals surface area contributed by atoms with E-state index in [-0.39, 0.29) is 17.7 Å². The van der Waals surface area contributed by atoms with Gasteiger partial charge in [-0.3, -0.25) is 0 Å². The van der Waals surface area contributed by atoms with Gasteiger partial charge in [0.1, 0.15) is 0 Å². The summed E-state index contributed by atoms with van der Waals surface area (Å²) in [7, 11) is 0. The van der Waals surface area contributed by atoms with Crippen LogP contribution in [-0.4, -0.2) is 18.9 Å². The molecule has 0 aromatic rings. The van der Waals surface area contributed by atoms with Gasteiger partial charge in [-0.1, -0.05) is 25.8 Å². The maximum Gasteiger partial charge on any atom is 0.335 e. The third-order valence-electron chi connectivity index (χ3n) is 4.00. The van der Waals surface area contributed by atoms with Crippen molar-refractivity contribution in [1.29, 1.82) is 0 Å². The molecule has 3 heteroatoms. The second-order valence-corrected chi connectivity index (χ2v) is 5.41. The predicted octanol–water partition coefficient (Wildman–Crippen LogP) is 3.19. The highest BCUT2D eigenvalue weighted by Gasteiger charge is 2.44. The summed E-state index contributed by atoms with van der Waals surface area (Å²) >= 11 is 0. The lowest BCUT2D eigenvalue weighted by Gasteiger charge is -2.45. The van der Waals surface area contributed by atoms with Crippen molar-refractivity contribution in [3.63, 3.8) is 0 Å². The van der Waals surface area contributed by atoms with Gasteiger partial charge < -0.3 is 9.47 Å². The highest BCUT2D eigenvalue weighted by Crippen LogP contribution is 2.46. The van der Waals surface area contributed by atoms with Crippen LogP contribution in [0.2, 0.25) is 0 Å². The minimum absolute atomic E-state index is 0.0849. The van der Waals surface area contributed by atoms with Gasteiger partial charge in [-0.25, -0.2) is 4.79 Å². The van der Waals surface area contributed by atoms with E-state index >= 15 is 0 Å². The maximum atomic E-state index is 11.6. The first kappa shape index (κ1) is 12.6. The molecule has 1 spiro atoms. The third kappa shape index (κ3) is 2.71. The minimum atomic E-state index is -0.347. The van der Waals surface area contributed by atoms with Gasteiger partial charge in [-0.2, -0.15) is 0 Å². The summed E-state index contributed by atoms with van der Waals surface area (Å²) in [6, 6.07) is 0. The van der Waals surface area contributed by atoms with E-state index in [0.29, 0.717) is 12.2 Å². The number of carbonyl (C=O) groups excluding carboxylic acids is 1. The Bertz CT molecular complexity index is 294. The Morgan fingerprint density at radius 2 is 1.88 bits per heavy atom. The van der Waals surface area contributed by atoms with E-state index in [9.17, 15) is 4.79 Å². The summed E-state index contributed by atoms with van der Waals surface area (Å²) in [6.07, 6.45) is 7.86. The molecule has 0 bridgehead atoms. The number of hydrogen-bond donors (Lipinski definition) is 0. The van der Waals surface area contributed by atoms with E-state index in [1.165, 1.54) is 19.3 Å². The fraction of sp³-hybridized carbons (Fsp3) is 0.786. The van der Waals surface area contributed by atoms with Crippen molar-refractivity contribution in [3.05, 3.63) is 12.2 Å². The molecule has 1 saturated heterocycles. The fourth-order valence-corrected chi connectivity index (χ4v) is 3.01. The summed E-state index contributed by atoms with van der Waals surface area (Å²) in [6.45, 7) is 6.01. The fourth-order valence-electron chi connectivity index (χ4n) is 3.01. The van der Waals surface area contributed by atoms with E-state index < -0.39 is 0 Å². The molecule has 0 N–H and O–H groups in total. The number of carbonyl (C=O) groups is 1. The van der Waals surface area contributed by atoms with Crippen LogP contribution < -0.4 is 0 Å². The first-order valence-electron chi connectivity index (χ1n) is 6.62. The lowest BCUT2D eigenvalue weighted by molar-refractivity contribution is -0.232. The Hall–Kier alpha value is -0.830. The monoisotopic (exact) mass is 238 g/mol. The SMILES string of the molecule is C=C(C)C(=O)OC1OCCCC12CCCCC2. The van der Waals surface area contributed by atoms with Gasteiger partial charge in [0.15, 0.2) is 0 Å². The molecule has 2 fully saturated rings. The average Bonchev–Trinajstić information content (AvgIpc) is 2.33. The first-order chi connectivity index (χ1) is 8.14. The summed E-state index contributed by atoms with van der Waals surface area (Å²) < 4.78 is 11.2. The second-order valence-electron chi connectivity index (χ2n) is 5.41. The van der Waals surface area contributed by atoms with Crippen LogP contribution in [0, 0.1) is 5.41 Å². The van der Waals surface area contributed by atoms with Crippen molar-refractivity contribution in [2.75, 3.05) is 6.61 Å². The summed E-state index contributed by atoms with van der Waals surface area (Å²) in [5.41, 5.74) is 0.534. The molecule has 3 nitrogen and oxygen atoms in total. The molecule has 2 rings (SSSR count). The molecule has 96 valence electrons. The quantitative estimate of drug-likeness (QED) is 0.547. The van der Waals surface area contributed by atoms with Crippen LogP contribution >= 0.6 is 0 Å².